The summed E-state index contributed by atoms with van der Waals surface area (Å²) in [6.45, 7) is 31.0. The van der Waals surface area contributed by atoms with Crippen molar-refractivity contribution in [2.24, 2.45) is 0 Å². The van der Waals surface area contributed by atoms with E-state index in [0.29, 0.717) is 74.5 Å². The Morgan fingerprint density at radius 3 is 1.04 bits per heavy atom. The Balaban J connectivity index is 0.000000551. The van der Waals surface area contributed by atoms with Crippen LogP contribution in [0.15, 0.2) is 260 Å². The number of halogens is 3. The smallest absolute Gasteiger partial charge is 0.773 e. The first-order valence-electron chi connectivity index (χ1n) is 42.1. The number of aryl methyl sites for hydroxylation is 5. The van der Waals surface area contributed by atoms with Crippen molar-refractivity contribution in [3.8, 4) is 22.5 Å². The van der Waals surface area contributed by atoms with Gasteiger partial charge in [-0.15, -0.1) is 0 Å². The molecule has 10 aromatic heterocycles. The summed E-state index contributed by atoms with van der Waals surface area (Å²) in [5.41, 5.74) is 22.6. The monoisotopic (exact) mass is 2160 g/mol. The number of anilines is 2. The van der Waals surface area contributed by atoms with Crippen LogP contribution in [0.4, 0.5) is 11.4 Å². The third kappa shape index (κ3) is 40.9. The van der Waals surface area contributed by atoms with Crippen LogP contribution in [0.3, 0.4) is 0 Å². The van der Waals surface area contributed by atoms with Gasteiger partial charge in [0.05, 0.1) is 31.0 Å². The molecular formula is C99H114Br3N12NaO17S5. The molecular weight excluding hydrogens is 2050 g/mol. The zero-order valence-electron chi connectivity index (χ0n) is 80.8. The fraction of sp³-hybridized carbons (Fsp3) is 0.253. The molecule has 0 aliphatic rings. The van der Waals surface area contributed by atoms with Gasteiger partial charge in [0, 0.05) is 151 Å². The van der Waals surface area contributed by atoms with Crippen LogP contribution in [0.5, 0.6) is 0 Å². The van der Waals surface area contributed by atoms with Gasteiger partial charge >= 0.3 is 35.5 Å². The van der Waals surface area contributed by atoms with E-state index in [1.165, 1.54) is 76.9 Å². The molecule has 14 rings (SSSR count). The van der Waals surface area contributed by atoms with E-state index >= 15 is 0 Å². The van der Waals surface area contributed by atoms with E-state index in [0.717, 1.165) is 108 Å². The number of carbonyl (C=O) groups is 6. The number of carboxylic acids is 1. The van der Waals surface area contributed by atoms with Gasteiger partial charge in [0.1, 0.15) is 39.8 Å². The summed E-state index contributed by atoms with van der Waals surface area (Å²) in [6.07, 6.45) is 22.3. The summed E-state index contributed by atoms with van der Waals surface area (Å²) in [5, 5.41) is 11.9. The Kier molecular flexibility index (Phi) is 52.8. The number of Topliss-reactive ketones (excluding diaryl/α,β-unsaturated/α-hetero) is 4. The van der Waals surface area contributed by atoms with E-state index in [9.17, 15) is 62.4 Å². The maximum Gasteiger partial charge on any atom is 1.00 e. The van der Waals surface area contributed by atoms with E-state index in [-0.39, 0.29) is 83.7 Å². The van der Waals surface area contributed by atoms with Gasteiger partial charge in [0.25, 0.3) is 5.91 Å². The Labute approximate surface area is 853 Å². The number of fused-ring (bicyclic) bond motifs is 2. The number of nitrogens with one attached hydrogen (secondary N) is 1. The average molecular weight is 2170 g/mol. The number of nitrogens with two attached hydrogens (primary N) is 1. The molecule has 1 amide bonds. The average Bonchev–Trinajstić information content (AvgIpc) is 1.43. The number of sulfone groups is 4. The van der Waals surface area contributed by atoms with Gasteiger partial charge in [0.2, 0.25) is 0 Å². The Morgan fingerprint density at radius 2 is 0.723 bits per heavy atom. The molecule has 4 aromatic carbocycles. The van der Waals surface area contributed by atoms with Crippen molar-refractivity contribution in [3.05, 3.63) is 331 Å². The minimum Gasteiger partial charge on any atom is -0.773 e. The van der Waals surface area contributed by atoms with Crippen molar-refractivity contribution in [2.45, 2.75) is 155 Å². The first kappa shape index (κ1) is 122. The van der Waals surface area contributed by atoms with Crippen LogP contribution >= 0.6 is 47.8 Å². The number of carboxylic acid groups (broad SMARTS) is 1. The molecule has 4 N–H and O–H groups in total. The molecule has 0 saturated carbocycles. The quantitative estimate of drug-likeness (QED) is 0.0236. The predicted octanol–water partition coefficient (Wildman–Crippen LogP) is 17.5. The molecule has 38 heteroatoms. The van der Waals surface area contributed by atoms with Gasteiger partial charge in [-0.3, -0.25) is 48.1 Å². The summed E-state index contributed by atoms with van der Waals surface area (Å²) >= 11 is 7.79. The van der Waals surface area contributed by atoms with Crippen LogP contribution in [0.1, 0.15) is 202 Å². The zero-order chi connectivity index (χ0) is 103. The Bertz CT molecular complexity index is 6810. The van der Waals surface area contributed by atoms with Gasteiger partial charge < -0.3 is 29.5 Å². The van der Waals surface area contributed by atoms with Crippen molar-refractivity contribution >= 4 is 156 Å². The third-order valence-electron chi connectivity index (χ3n) is 18.0. The second kappa shape index (κ2) is 59.3. The molecule has 0 bridgehead atoms. The molecule has 0 fully saturated rings. The van der Waals surface area contributed by atoms with Crippen molar-refractivity contribution in [1.29, 1.82) is 0 Å². The molecule has 0 aliphatic carbocycles. The van der Waals surface area contributed by atoms with Crippen LogP contribution < -0.4 is 40.6 Å². The van der Waals surface area contributed by atoms with Gasteiger partial charge in [-0.1, -0.05) is 178 Å². The summed E-state index contributed by atoms with van der Waals surface area (Å²) in [5.74, 6) is -1.90. The maximum atomic E-state index is 13.2. The number of imidazole rings is 2. The van der Waals surface area contributed by atoms with Gasteiger partial charge in [-0.05, 0) is 215 Å². The summed E-state index contributed by atoms with van der Waals surface area (Å²) in [7, 11) is -13.3. The van der Waals surface area contributed by atoms with Crippen molar-refractivity contribution in [3.63, 3.8) is 0 Å². The molecule has 29 nitrogen and oxygen atoms in total. The largest absolute Gasteiger partial charge is 1.00 e. The first-order chi connectivity index (χ1) is 64.0. The number of alkyl halides is 1. The van der Waals surface area contributed by atoms with Crippen LogP contribution in [-0.4, -0.2) is 163 Å². The minimum absolute atomic E-state index is 0. The molecule has 10 heterocycles. The molecule has 724 valence electrons. The van der Waals surface area contributed by atoms with Crippen molar-refractivity contribution in [1.82, 2.24) is 48.7 Å². The summed E-state index contributed by atoms with van der Waals surface area (Å²) in [4.78, 5) is 102. The van der Waals surface area contributed by atoms with Gasteiger partial charge in [-0.2, -0.15) is 0 Å². The molecule has 137 heavy (non-hydrogen) atoms. The van der Waals surface area contributed by atoms with E-state index in [2.05, 4.69) is 93.0 Å². The van der Waals surface area contributed by atoms with Crippen molar-refractivity contribution in [2.75, 3.05) is 42.3 Å². The number of nitrogens with zero attached hydrogens (tertiary/aromatic N) is 10. The minimum atomic E-state index is -3.47. The number of rotatable bonds is 18. The topological polar surface area (TPSA) is 449 Å². The second-order valence-corrected chi connectivity index (χ2v) is 40.1. The number of ketones is 4. The molecule has 0 aliphatic heterocycles. The van der Waals surface area contributed by atoms with Gasteiger partial charge in [0.15, 0.2) is 68.2 Å². The fourth-order valence-corrected chi connectivity index (χ4v) is 15.4. The Hall–Kier alpha value is -11.1. The number of hydrogen-bond donors (Lipinski definition) is 3. The number of aromatic carboxylic acids is 1. The standard InChI is InChI=1S/C28H24N4O3S.C16H17NO3S.C13H11N3.C9H10BrNO3S.C9H11NO3S.C8H8BrNO.C7H6BrNO2.4C2H6.CH4O2S.Na/c1-19-6-8-20(9-7-19)15-22-16-24(36(2,34)35)17-29-27(22)28(33)30-23-12-10-21(11-13-23)25-18-32-14-4-3-5-26(32)31-25;1-11-4-6-13(7-5-11)8-14-9-15(21(3,19)20)10-17-16(14)12(2)18;14-11-6-4-10(5-7-11)12-9-16-8-2-1-3-13(16)15-12;1-6(12)9-7(4-10)3-8(5-11-9)15(2,13)14;1-6-4-8(14(3,12)13)5-10-9(6)7(2)11;1-5-3-7(9)4-10-8(5)6(2)11;1-4-2-5(8)3-9-6(4)7(10)11;4*1-2;1-4(2)3;/h3-14,16-18H,15H2,1-2H3,(H,30,33);4-7,9-10H,8H2,1-3H3;1-9H,14H2;3,5H,4H2,1-2H3;4-5H,1-3H3;3-4H,1-2H3;2-3H,1H3,(H,10,11);4*1-2H3;1H3,(H,2,3);/q;;;;;;;;;;;;+1/p-1. The summed E-state index contributed by atoms with van der Waals surface area (Å²) in [6, 6.07) is 52.3. The van der Waals surface area contributed by atoms with Crippen molar-refractivity contribution < 1.29 is 106 Å². The van der Waals surface area contributed by atoms with Crippen LogP contribution in [0.25, 0.3) is 33.8 Å². The molecule has 0 radical (unpaired) electrons. The predicted molar refractivity (Wildman–Crippen MR) is 549 cm³/mol. The molecule has 1 unspecified atom stereocenters. The number of benzene rings is 4. The SMILES string of the molecule is CC.CC.CC.CC.CC(=O)c1ncc(Br)cc1C.CC(=O)c1ncc(S(C)(=O)=O)cc1C.CC(=O)c1ncc(S(C)(=O)=O)cc1CBr.CC(=O)c1ncc(S(C)(=O)=O)cc1Cc1ccc(C)cc1.CS(=O)[O-].Cc1cc(Br)cnc1C(=O)O.Cc1ccc(Cc2cc(S(C)(=O)=O)cnc2C(=O)Nc2ccc(-c3cn4ccccc4n3)cc2)cc1.Nc1ccc(-c2cn3ccccc3n2)cc1.[Na+]. The number of nitrogen functional groups attached to an aromatic ring is 1. The molecule has 1 atom stereocenters. The van der Waals surface area contributed by atoms with E-state index in [1.54, 1.807) is 32.2 Å². The zero-order valence-corrected chi connectivity index (χ0v) is 91.6. The van der Waals surface area contributed by atoms with E-state index in [1.807, 2.05) is 249 Å². The molecule has 14 aromatic rings. The van der Waals surface area contributed by atoms with E-state index in [4.69, 9.17) is 19.6 Å². The van der Waals surface area contributed by atoms with Crippen LogP contribution in [0.2, 0.25) is 0 Å². The third-order valence-corrected chi connectivity index (χ3v) is 23.8. The number of aromatic nitrogens is 10. The maximum absolute atomic E-state index is 13.2. The fourth-order valence-electron chi connectivity index (χ4n) is 11.6. The number of pyridine rings is 8. The molecule has 0 saturated heterocycles. The second-order valence-electron chi connectivity index (χ2n) is 28.8. The number of hydrogen-bond acceptors (Lipinski definition) is 25. The number of amides is 1. The number of carbonyl (C=O) groups excluding carboxylic acids is 5. The van der Waals surface area contributed by atoms with Crippen LogP contribution in [-0.2, 0) is 68.6 Å². The Morgan fingerprint density at radius 1 is 0.423 bits per heavy atom. The van der Waals surface area contributed by atoms with Crippen LogP contribution in [0, 0.1) is 34.6 Å². The normalized spacial score (nSPS) is 10.6. The van der Waals surface area contributed by atoms with E-state index < -0.39 is 62.3 Å². The first-order valence-corrected chi connectivity index (χ1v) is 53.8. The molecule has 0 spiro atoms. The summed E-state index contributed by atoms with van der Waals surface area (Å²) < 4.78 is 116. The van der Waals surface area contributed by atoms with Gasteiger partial charge in [-0.25, -0.2) is 58.4 Å².